The number of hydrogen-bond donors (Lipinski definition) is 2. The summed E-state index contributed by atoms with van der Waals surface area (Å²) in [6.45, 7) is 0.387. The van der Waals surface area contributed by atoms with Crippen molar-refractivity contribution in [1.29, 1.82) is 0 Å². The highest BCUT2D eigenvalue weighted by molar-refractivity contribution is 5.45. The van der Waals surface area contributed by atoms with Crippen LogP contribution in [0, 0.1) is 0 Å². The summed E-state index contributed by atoms with van der Waals surface area (Å²) in [5, 5.41) is 3.56. The summed E-state index contributed by atoms with van der Waals surface area (Å²) in [5.41, 5.74) is 5.85. The predicted molar refractivity (Wildman–Crippen MR) is 83.0 cm³/mol. The first-order valence-corrected chi connectivity index (χ1v) is 7.76. The third-order valence-electron chi connectivity index (χ3n) is 4.76. The van der Waals surface area contributed by atoms with Crippen molar-refractivity contribution in [3.63, 3.8) is 0 Å². The molecule has 2 fully saturated rings. The molecule has 3 heterocycles. The SMILES string of the molecule is COCc1nc(N)cc(NC2CC3CCCC(C2)N3C)n1. The molecule has 2 aliphatic rings. The molecule has 1 aromatic rings. The molecule has 0 saturated carbocycles. The Morgan fingerprint density at radius 3 is 2.71 bits per heavy atom. The Morgan fingerprint density at radius 1 is 1.33 bits per heavy atom. The lowest BCUT2D eigenvalue weighted by molar-refractivity contribution is 0.0608. The molecule has 0 spiro atoms. The van der Waals surface area contributed by atoms with Gasteiger partial charge in [-0.15, -0.1) is 0 Å². The van der Waals surface area contributed by atoms with Gasteiger partial charge in [-0.05, 0) is 32.7 Å². The number of anilines is 2. The maximum atomic E-state index is 5.85. The van der Waals surface area contributed by atoms with Gasteiger partial charge in [0.2, 0.25) is 0 Å². The fraction of sp³-hybridized carbons (Fsp3) is 0.733. The van der Waals surface area contributed by atoms with Crippen molar-refractivity contribution in [1.82, 2.24) is 14.9 Å². The minimum atomic E-state index is 0.387. The molecule has 1 aromatic heterocycles. The minimum Gasteiger partial charge on any atom is -0.384 e. The molecule has 0 aliphatic carbocycles. The van der Waals surface area contributed by atoms with Crippen LogP contribution in [0.5, 0.6) is 0 Å². The maximum absolute atomic E-state index is 5.85. The number of nitrogen functional groups attached to an aromatic ring is 1. The highest BCUT2D eigenvalue weighted by Gasteiger charge is 2.35. The average molecular weight is 291 g/mol. The highest BCUT2D eigenvalue weighted by atomic mass is 16.5. The van der Waals surface area contributed by atoms with E-state index in [-0.39, 0.29) is 0 Å². The fourth-order valence-electron chi connectivity index (χ4n) is 3.73. The van der Waals surface area contributed by atoms with E-state index in [1.54, 1.807) is 7.11 Å². The van der Waals surface area contributed by atoms with Gasteiger partial charge in [0.15, 0.2) is 5.82 Å². The summed E-state index contributed by atoms with van der Waals surface area (Å²) >= 11 is 0. The van der Waals surface area contributed by atoms with E-state index in [0.29, 0.717) is 36.4 Å². The molecule has 6 nitrogen and oxygen atoms in total. The predicted octanol–water partition coefficient (Wildman–Crippen LogP) is 1.63. The number of nitrogens with two attached hydrogens (primary N) is 1. The molecule has 21 heavy (non-hydrogen) atoms. The van der Waals surface area contributed by atoms with Crippen molar-refractivity contribution in [3.05, 3.63) is 11.9 Å². The van der Waals surface area contributed by atoms with Gasteiger partial charge in [-0.1, -0.05) is 6.42 Å². The molecule has 0 aromatic carbocycles. The number of ether oxygens (including phenoxy) is 1. The molecule has 0 radical (unpaired) electrons. The number of nitrogens with one attached hydrogen (secondary N) is 1. The van der Waals surface area contributed by atoms with Gasteiger partial charge in [-0.2, -0.15) is 0 Å². The van der Waals surface area contributed by atoms with Gasteiger partial charge >= 0.3 is 0 Å². The summed E-state index contributed by atoms with van der Waals surface area (Å²) in [4.78, 5) is 11.2. The Morgan fingerprint density at radius 2 is 2.05 bits per heavy atom. The first-order valence-electron chi connectivity index (χ1n) is 7.76. The van der Waals surface area contributed by atoms with Crippen LogP contribution in [0.25, 0.3) is 0 Å². The molecule has 2 unspecified atom stereocenters. The van der Waals surface area contributed by atoms with Crippen LogP contribution in [-0.2, 0) is 11.3 Å². The first-order chi connectivity index (χ1) is 10.2. The van der Waals surface area contributed by atoms with Crippen LogP contribution >= 0.6 is 0 Å². The van der Waals surface area contributed by atoms with Crippen LogP contribution in [0.4, 0.5) is 11.6 Å². The number of fused-ring (bicyclic) bond motifs is 2. The lowest BCUT2D eigenvalue weighted by atomic mass is 9.82. The van der Waals surface area contributed by atoms with Gasteiger partial charge in [-0.3, -0.25) is 0 Å². The summed E-state index contributed by atoms with van der Waals surface area (Å²) in [7, 11) is 3.90. The Bertz CT molecular complexity index is 481. The molecule has 6 heteroatoms. The second kappa shape index (κ2) is 6.15. The van der Waals surface area contributed by atoms with Crippen molar-refractivity contribution < 1.29 is 4.74 Å². The normalized spacial score (nSPS) is 29.3. The maximum Gasteiger partial charge on any atom is 0.158 e. The van der Waals surface area contributed by atoms with Crippen LogP contribution in [0.15, 0.2) is 6.07 Å². The third-order valence-corrected chi connectivity index (χ3v) is 4.76. The van der Waals surface area contributed by atoms with Crippen molar-refractivity contribution >= 4 is 11.6 Å². The van der Waals surface area contributed by atoms with Crippen LogP contribution in [0.2, 0.25) is 0 Å². The number of nitrogens with zero attached hydrogens (tertiary/aromatic N) is 3. The van der Waals surface area contributed by atoms with E-state index in [2.05, 4.69) is 27.2 Å². The molecule has 0 amide bonds. The quantitative estimate of drug-likeness (QED) is 0.878. The van der Waals surface area contributed by atoms with E-state index >= 15 is 0 Å². The Kier molecular flexibility index (Phi) is 4.26. The van der Waals surface area contributed by atoms with Crippen LogP contribution in [0.1, 0.15) is 37.9 Å². The van der Waals surface area contributed by atoms with E-state index in [0.717, 1.165) is 5.82 Å². The first kappa shape index (κ1) is 14.5. The number of rotatable bonds is 4. The molecule has 2 atom stereocenters. The van der Waals surface area contributed by atoms with E-state index in [4.69, 9.17) is 10.5 Å². The number of methoxy groups -OCH3 is 1. The smallest absolute Gasteiger partial charge is 0.158 e. The minimum absolute atomic E-state index is 0.387. The number of hydrogen-bond acceptors (Lipinski definition) is 6. The van der Waals surface area contributed by atoms with Crippen molar-refractivity contribution in [2.75, 3.05) is 25.2 Å². The molecule has 116 valence electrons. The molecule has 3 N–H and O–H groups in total. The van der Waals surface area contributed by atoms with E-state index in [1.807, 2.05) is 6.07 Å². The third kappa shape index (κ3) is 3.27. The second-order valence-corrected chi connectivity index (χ2v) is 6.24. The van der Waals surface area contributed by atoms with Gasteiger partial charge < -0.3 is 20.7 Å². The van der Waals surface area contributed by atoms with E-state index in [9.17, 15) is 0 Å². The Labute approximate surface area is 126 Å². The average Bonchev–Trinajstić information content (AvgIpc) is 2.39. The molecule has 2 aliphatic heterocycles. The number of piperidine rings is 2. The van der Waals surface area contributed by atoms with Crippen molar-refractivity contribution in [3.8, 4) is 0 Å². The van der Waals surface area contributed by atoms with Crippen LogP contribution in [-0.4, -0.2) is 47.2 Å². The zero-order chi connectivity index (χ0) is 14.8. The van der Waals surface area contributed by atoms with Gasteiger partial charge in [0.05, 0.1) is 0 Å². The lowest BCUT2D eigenvalue weighted by Crippen LogP contribution is -2.52. The monoisotopic (exact) mass is 291 g/mol. The van der Waals surface area contributed by atoms with Crippen molar-refractivity contribution in [2.45, 2.75) is 56.8 Å². The summed E-state index contributed by atoms with van der Waals surface area (Å²) in [5.74, 6) is 1.95. The standard InChI is InChI=1S/C15H25N5O/c1-20-11-4-3-5-12(20)7-10(6-11)17-14-8-13(16)18-15(19-14)9-21-2/h8,10-12H,3-7,9H2,1-2H3,(H3,16,17,18,19). The zero-order valence-corrected chi connectivity index (χ0v) is 12.9. The molecule has 3 rings (SSSR count). The summed E-state index contributed by atoms with van der Waals surface area (Å²) < 4.78 is 5.09. The zero-order valence-electron chi connectivity index (χ0n) is 12.9. The lowest BCUT2D eigenvalue weighted by Gasteiger charge is -2.47. The van der Waals surface area contributed by atoms with Gasteiger partial charge in [0, 0.05) is 31.3 Å². The van der Waals surface area contributed by atoms with E-state index in [1.165, 1.54) is 32.1 Å². The van der Waals surface area contributed by atoms with Gasteiger partial charge in [0.1, 0.15) is 18.2 Å². The Balaban J connectivity index is 1.69. The number of aromatic nitrogens is 2. The Hall–Kier alpha value is -1.40. The van der Waals surface area contributed by atoms with Gasteiger partial charge in [-0.25, -0.2) is 9.97 Å². The topological polar surface area (TPSA) is 76.3 Å². The summed E-state index contributed by atoms with van der Waals surface area (Å²) in [6, 6.07) is 3.69. The molecule has 2 saturated heterocycles. The van der Waals surface area contributed by atoms with Crippen molar-refractivity contribution in [2.24, 2.45) is 0 Å². The van der Waals surface area contributed by atoms with Gasteiger partial charge in [0.25, 0.3) is 0 Å². The molecular formula is C15H25N5O. The molecule has 2 bridgehead atoms. The fourth-order valence-corrected chi connectivity index (χ4v) is 3.73. The summed E-state index contributed by atoms with van der Waals surface area (Å²) in [6.07, 6.45) is 6.34. The van der Waals surface area contributed by atoms with Crippen LogP contribution in [0.3, 0.4) is 0 Å². The largest absolute Gasteiger partial charge is 0.384 e. The van der Waals surface area contributed by atoms with E-state index < -0.39 is 0 Å². The second-order valence-electron chi connectivity index (χ2n) is 6.24. The van der Waals surface area contributed by atoms with Crippen LogP contribution < -0.4 is 11.1 Å². The molecular weight excluding hydrogens is 266 g/mol. The highest BCUT2D eigenvalue weighted by Crippen LogP contribution is 2.33.